The lowest BCUT2D eigenvalue weighted by Crippen LogP contribution is -2.31. The lowest BCUT2D eigenvalue weighted by molar-refractivity contribution is -0.138. The van der Waals surface area contributed by atoms with Gasteiger partial charge in [0.1, 0.15) is 0 Å². The highest BCUT2D eigenvalue weighted by molar-refractivity contribution is 6.32. The molecule has 0 aliphatic rings. The minimum absolute atomic E-state index is 0.226. The number of nitrogens with zero attached hydrogens (tertiary/aromatic N) is 2. The van der Waals surface area contributed by atoms with E-state index in [1.165, 1.54) is 12.1 Å². The molecule has 7 nitrogen and oxygen atoms in total. The summed E-state index contributed by atoms with van der Waals surface area (Å²) < 4.78 is 40.6. The smallest absolute Gasteiger partial charge is 0.417 e. The van der Waals surface area contributed by atoms with E-state index >= 15 is 0 Å². The molecular weight excluding hydrogens is 474 g/mol. The Hall–Kier alpha value is -3.24. The molecule has 0 bridgehead atoms. The normalized spacial score (nSPS) is 12.4. The molecule has 0 aliphatic heterocycles. The van der Waals surface area contributed by atoms with Crippen molar-refractivity contribution in [3.63, 3.8) is 0 Å². The maximum Gasteiger partial charge on any atom is 0.417 e. The number of amides is 1. The van der Waals surface area contributed by atoms with Gasteiger partial charge < -0.3 is 15.5 Å². The van der Waals surface area contributed by atoms with Crippen LogP contribution in [0.3, 0.4) is 0 Å². The number of benzene rings is 2. The van der Waals surface area contributed by atoms with E-state index in [1.54, 1.807) is 18.2 Å². The number of aromatic hydroxyl groups is 1. The van der Waals surface area contributed by atoms with Crippen LogP contribution in [0.15, 0.2) is 48.5 Å². The summed E-state index contributed by atoms with van der Waals surface area (Å²) >= 11 is 11.8. The second-order valence-electron chi connectivity index (χ2n) is 6.61. The van der Waals surface area contributed by atoms with Gasteiger partial charge in [-0.15, -0.1) is 0 Å². The van der Waals surface area contributed by atoms with Gasteiger partial charge in [0.15, 0.2) is 5.69 Å². The number of carbonyl (C=O) groups excluding carboxylic acids is 1. The summed E-state index contributed by atoms with van der Waals surface area (Å²) in [5, 5.41) is 25.2. The fraction of sp³-hybridized carbons (Fsp3) is 0.150. The lowest BCUT2D eigenvalue weighted by Gasteiger charge is -2.20. The molecule has 2 aromatic carbocycles. The first-order valence-corrected chi connectivity index (χ1v) is 9.66. The van der Waals surface area contributed by atoms with Crippen LogP contribution in [0.1, 0.15) is 34.1 Å². The monoisotopic (exact) mass is 487 g/mol. The molecule has 0 radical (unpaired) electrons. The SMILES string of the molecule is O=C(O)CC(NC(=O)c1cc(O)n(-c2cccc(Cl)c2)n1)c1cccc(C(F)(F)F)c1Cl. The highest BCUT2D eigenvalue weighted by atomic mass is 35.5. The molecule has 0 saturated heterocycles. The number of carboxylic acid groups (broad SMARTS) is 1. The zero-order valence-electron chi connectivity index (χ0n) is 15.9. The third kappa shape index (κ3) is 5.14. The Morgan fingerprint density at radius 1 is 1.12 bits per heavy atom. The summed E-state index contributed by atoms with van der Waals surface area (Å²) in [5.74, 6) is -2.72. The Morgan fingerprint density at radius 3 is 2.44 bits per heavy atom. The zero-order valence-corrected chi connectivity index (χ0v) is 17.4. The molecule has 168 valence electrons. The summed E-state index contributed by atoms with van der Waals surface area (Å²) in [6.45, 7) is 0. The van der Waals surface area contributed by atoms with Crippen molar-refractivity contribution in [2.75, 3.05) is 0 Å². The van der Waals surface area contributed by atoms with Crippen LogP contribution in [0.2, 0.25) is 10.0 Å². The minimum Gasteiger partial charge on any atom is -0.493 e. The third-order valence-electron chi connectivity index (χ3n) is 4.37. The van der Waals surface area contributed by atoms with Crippen molar-refractivity contribution in [3.8, 4) is 11.6 Å². The van der Waals surface area contributed by atoms with Crippen LogP contribution in [0, 0.1) is 0 Å². The van der Waals surface area contributed by atoms with Gasteiger partial charge in [0.05, 0.1) is 28.7 Å². The van der Waals surface area contributed by atoms with Crippen LogP contribution < -0.4 is 5.32 Å². The Morgan fingerprint density at radius 2 is 1.81 bits per heavy atom. The van der Waals surface area contributed by atoms with Gasteiger partial charge in [-0.05, 0) is 29.8 Å². The summed E-state index contributed by atoms with van der Waals surface area (Å²) in [6, 6.07) is 8.84. The Balaban J connectivity index is 1.93. The van der Waals surface area contributed by atoms with Crippen molar-refractivity contribution in [2.24, 2.45) is 0 Å². The van der Waals surface area contributed by atoms with Gasteiger partial charge in [0.25, 0.3) is 5.91 Å². The van der Waals surface area contributed by atoms with Gasteiger partial charge in [-0.3, -0.25) is 9.59 Å². The van der Waals surface area contributed by atoms with Crippen molar-refractivity contribution in [1.82, 2.24) is 15.1 Å². The van der Waals surface area contributed by atoms with Crippen molar-refractivity contribution >= 4 is 35.1 Å². The van der Waals surface area contributed by atoms with Crippen LogP contribution in [-0.4, -0.2) is 31.9 Å². The van der Waals surface area contributed by atoms with Gasteiger partial charge in [-0.2, -0.15) is 18.3 Å². The molecule has 1 aromatic heterocycles. The maximum atomic E-state index is 13.2. The van der Waals surface area contributed by atoms with Crippen LogP contribution >= 0.6 is 23.2 Å². The van der Waals surface area contributed by atoms with E-state index in [9.17, 15) is 33.0 Å². The average molecular weight is 488 g/mol. The van der Waals surface area contributed by atoms with Crippen LogP contribution in [0.4, 0.5) is 13.2 Å². The molecule has 12 heteroatoms. The Labute approximate surface area is 189 Å². The third-order valence-corrected chi connectivity index (χ3v) is 5.03. The van der Waals surface area contributed by atoms with E-state index in [1.807, 2.05) is 0 Å². The van der Waals surface area contributed by atoms with E-state index in [4.69, 9.17) is 23.2 Å². The van der Waals surface area contributed by atoms with Crippen LogP contribution in [0.5, 0.6) is 5.88 Å². The lowest BCUT2D eigenvalue weighted by atomic mass is 10.0. The summed E-state index contributed by atoms with van der Waals surface area (Å²) in [5.41, 5.74) is -1.35. The Bertz CT molecular complexity index is 1180. The molecule has 1 unspecified atom stereocenters. The van der Waals surface area contributed by atoms with Gasteiger partial charge in [-0.1, -0.05) is 41.4 Å². The molecule has 1 heterocycles. The molecule has 0 spiro atoms. The second-order valence-corrected chi connectivity index (χ2v) is 7.42. The van der Waals surface area contributed by atoms with Gasteiger partial charge in [0, 0.05) is 11.1 Å². The molecule has 3 N–H and O–H groups in total. The fourth-order valence-corrected chi connectivity index (χ4v) is 3.51. The van der Waals surface area contributed by atoms with E-state index in [-0.39, 0.29) is 11.3 Å². The molecular formula is C20H14Cl2F3N3O4. The quantitative estimate of drug-likeness (QED) is 0.460. The standard InChI is InChI=1S/C20H14Cl2F3N3O4/c21-10-3-1-4-11(7-10)28-16(29)8-15(27-28)19(32)26-14(9-17(30)31)12-5-2-6-13(18(12)22)20(23,24)25/h1-8,14,29H,9H2,(H,26,32)(H,30,31). The number of nitrogens with one attached hydrogen (secondary N) is 1. The number of halogens is 5. The number of carboxylic acids is 1. The summed E-state index contributed by atoms with van der Waals surface area (Å²) in [6.07, 6.45) is -5.51. The largest absolute Gasteiger partial charge is 0.493 e. The number of hydrogen-bond acceptors (Lipinski definition) is 4. The molecule has 1 atom stereocenters. The van der Waals surface area contributed by atoms with E-state index in [0.717, 1.165) is 22.9 Å². The summed E-state index contributed by atoms with van der Waals surface area (Å²) in [7, 11) is 0. The summed E-state index contributed by atoms with van der Waals surface area (Å²) in [4.78, 5) is 24.0. The van der Waals surface area contributed by atoms with Gasteiger partial charge >= 0.3 is 12.1 Å². The number of carbonyl (C=O) groups is 2. The fourth-order valence-electron chi connectivity index (χ4n) is 2.96. The predicted molar refractivity (Wildman–Crippen MR) is 109 cm³/mol. The molecule has 0 saturated carbocycles. The maximum absolute atomic E-state index is 13.2. The first kappa shape index (κ1) is 23.4. The predicted octanol–water partition coefficient (Wildman–Crippen LogP) is 4.85. The number of aliphatic carboxylic acids is 1. The molecule has 1 amide bonds. The highest BCUT2D eigenvalue weighted by Gasteiger charge is 2.35. The van der Waals surface area contributed by atoms with E-state index in [0.29, 0.717) is 10.7 Å². The minimum atomic E-state index is -4.77. The number of aromatic nitrogens is 2. The van der Waals surface area contributed by atoms with Crippen LogP contribution in [0.25, 0.3) is 5.69 Å². The van der Waals surface area contributed by atoms with Crippen molar-refractivity contribution in [2.45, 2.75) is 18.6 Å². The first-order valence-electron chi connectivity index (χ1n) is 8.90. The highest BCUT2D eigenvalue weighted by Crippen LogP contribution is 2.38. The second kappa shape index (κ2) is 9.09. The molecule has 32 heavy (non-hydrogen) atoms. The van der Waals surface area contributed by atoms with Crippen LogP contribution in [-0.2, 0) is 11.0 Å². The number of rotatable bonds is 6. The van der Waals surface area contributed by atoms with Gasteiger partial charge in [0.2, 0.25) is 5.88 Å². The molecule has 3 rings (SSSR count). The molecule has 0 aliphatic carbocycles. The number of hydrogen-bond donors (Lipinski definition) is 3. The number of alkyl halides is 3. The Kier molecular flexibility index (Phi) is 6.65. The first-order chi connectivity index (χ1) is 15.0. The zero-order chi connectivity index (χ0) is 23.6. The van der Waals surface area contributed by atoms with Crippen molar-refractivity contribution in [3.05, 3.63) is 75.4 Å². The van der Waals surface area contributed by atoms with Crippen molar-refractivity contribution in [1.29, 1.82) is 0 Å². The molecule has 0 fully saturated rings. The van der Waals surface area contributed by atoms with E-state index in [2.05, 4.69) is 10.4 Å². The van der Waals surface area contributed by atoms with E-state index < -0.39 is 47.0 Å². The topological polar surface area (TPSA) is 104 Å². The van der Waals surface area contributed by atoms with Gasteiger partial charge in [-0.25, -0.2) is 4.68 Å². The molecule has 3 aromatic rings. The average Bonchev–Trinajstić information content (AvgIpc) is 3.08. The van der Waals surface area contributed by atoms with Crippen molar-refractivity contribution < 1.29 is 33.0 Å².